The molecule has 0 aliphatic carbocycles. The van der Waals surface area contributed by atoms with E-state index in [9.17, 15) is 13.2 Å². The Labute approximate surface area is 108 Å². The Morgan fingerprint density at radius 1 is 1.22 bits per heavy atom. The van der Waals surface area contributed by atoms with E-state index in [0.717, 1.165) is 43.0 Å². The molecule has 1 aromatic carbocycles. The van der Waals surface area contributed by atoms with Crippen molar-refractivity contribution in [2.75, 3.05) is 18.8 Å². The van der Waals surface area contributed by atoms with Crippen molar-refractivity contribution in [3.8, 4) is 0 Å². The van der Waals surface area contributed by atoms with E-state index < -0.39 is 11.7 Å². The number of alkyl halides is 3. The summed E-state index contributed by atoms with van der Waals surface area (Å²) < 4.78 is 37.5. The molecule has 0 aromatic heterocycles. The van der Waals surface area contributed by atoms with Gasteiger partial charge in [-0.1, -0.05) is 0 Å². The number of benzene rings is 1. The van der Waals surface area contributed by atoms with Crippen LogP contribution in [0.3, 0.4) is 0 Å². The molecule has 0 bridgehead atoms. The minimum atomic E-state index is -4.33. The monoisotopic (exact) mass is 276 g/mol. The Morgan fingerprint density at radius 2 is 1.89 bits per heavy atom. The normalized spacial score (nSPS) is 17.9. The van der Waals surface area contributed by atoms with Gasteiger partial charge >= 0.3 is 6.18 Å². The summed E-state index contributed by atoms with van der Waals surface area (Å²) in [7, 11) is 0. The lowest BCUT2D eigenvalue weighted by molar-refractivity contribution is -0.137. The van der Waals surface area contributed by atoms with E-state index in [1.165, 1.54) is 6.07 Å². The van der Waals surface area contributed by atoms with Crippen LogP contribution in [0.4, 0.5) is 18.9 Å². The first-order valence-corrected chi connectivity index (χ1v) is 6.69. The SMILES string of the molecule is Nc1cc(C(F)(F)F)ccc1SC1CCNCC1. The van der Waals surface area contributed by atoms with Gasteiger partial charge in [-0.15, -0.1) is 11.8 Å². The van der Waals surface area contributed by atoms with Gasteiger partial charge in [0.1, 0.15) is 0 Å². The third-order valence-corrected chi connectivity index (χ3v) is 4.35. The number of rotatable bonds is 2. The molecule has 0 spiro atoms. The zero-order valence-electron chi connectivity index (χ0n) is 9.76. The molecular formula is C12H15F3N2S. The van der Waals surface area contributed by atoms with Crippen molar-refractivity contribution < 1.29 is 13.2 Å². The lowest BCUT2D eigenvalue weighted by Crippen LogP contribution is -2.29. The second kappa shape index (κ2) is 5.40. The van der Waals surface area contributed by atoms with Crippen molar-refractivity contribution >= 4 is 17.4 Å². The number of hydrogen-bond acceptors (Lipinski definition) is 3. The van der Waals surface area contributed by atoms with Crippen molar-refractivity contribution in [1.29, 1.82) is 0 Å². The Hall–Kier alpha value is -0.880. The third kappa shape index (κ3) is 3.32. The van der Waals surface area contributed by atoms with E-state index in [4.69, 9.17) is 5.73 Å². The Balaban J connectivity index is 2.09. The Kier molecular flexibility index (Phi) is 4.07. The van der Waals surface area contributed by atoms with Crippen molar-refractivity contribution in [3.63, 3.8) is 0 Å². The summed E-state index contributed by atoms with van der Waals surface area (Å²) in [6, 6.07) is 3.59. The van der Waals surface area contributed by atoms with Crippen LogP contribution in [0.25, 0.3) is 0 Å². The van der Waals surface area contributed by atoms with Gasteiger partial charge in [0.05, 0.1) is 5.56 Å². The number of thioether (sulfide) groups is 1. The first-order valence-electron chi connectivity index (χ1n) is 5.81. The first kappa shape index (κ1) is 13.5. The fourth-order valence-electron chi connectivity index (χ4n) is 1.92. The standard InChI is InChI=1S/C12H15F3N2S/c13-12(14,15)8-1-2-11(10(16)7-8)18-9-3-5-17-6-4-9/h1-2,7,9,17H,3-6,16H2. The molecule has 2 rings (SSSR count). The van der Waals surface area contributed by atoms with Gasteiger partial charge in [-0.2, -0.15) is 13.2 Å². The number of nitrogens with one attached hydrogen (secondary N) is 1. The fraction of sp³-hybridized carbons (Fsp3) is 0.500. The molecule has 1 fully saturated rings. The highest BCUT2D eigenvalue weighted by atomic mass is 32.2. The van der Waals surface area contributed by atoms with Gasteiger partial charge < -0.3 is 11.1 Å². The van der Waals surface area contributed by atoms with Crippen LogP contribution >= 0.6 is 11.8 Å². The first-order chi connectivity index (χ1) is 8.47. The molecule has 0 radical (unpaired) electrons. The Bertz CT molecular complexity index is 414. The zero-order valence-corrected chi connectivity index (χ0v) is 10.6. The minimum absolute atomic E-state index is 0.216. The zero-order chi connectivity index (χ0) is 13.2. The van der Waals surface area contributed by atoms with E-state index in [0.29, 0.717) is 5.25 Å². The predicted molar refractivity (Wildman–Crippen MR) is 67.6 cm³/mol. The van der Waals surface area contributed by atoms with Crippen LogP contribution in [0.15, 0.2) is 23.1 Å². The summed E-state index contributed by atoms with van der Waals surface area (Å²) in [5.74, 6) is 0. The van der Waals surface area contributed by atoms with Crippen LogP contribution in [0, 0.1) is 0 Å². The molecule has 100 valence electrons. The number of nitrogen functional groups attached to an aromatic ring is 1. The lowest BCUT2D eigenvalue weighted by atomic mass is 10.2. The van der Waals surface area contributed by atoms with Gasteiger partial charge in [-0.3, -0.25) is 0 Å². The molecule has 1 aromatic rings. The summed E-state index contributed by atoms with van der Waals surface area (Å²) in [6.45, 7) is 1.91. The van der Waals surface area contributed by atoms with E-state index in [1.807, 2.05) is 0 Å². The van der Waals surface area contributed by atoms with Crippen LogP contribution in [-0.4, -0.2) is 18.3 Å². The number of nitrogens with two attached hydrogens (primary N) is 1. The second-order valence-corrected chi connectivity index (χ2v) is 5.66. The maximum absolute atomic E-state index is 12.5. The molecule has 3 N–H and O–H groups in total. The largest absolute Gasteiger partial charge is 0.416 e. The predicted octanol–water partition coefficient (Wildman–Crippen LogP) is 3.13. The molecule has 0 saturated carbocycles. The van der Waals surface area contributed by atoms with Gasteiger partial charge in [0.2, 0.25) is 0 Å². The summed E-state index contributed by atoms with van der Waals surface area (Å²) in [5.41, 5.74) is 5.23. The third-order valence-electron chi connectivity index (χ3n) is 2.92. The van der Waals surface area contributed by atoms with E-state index >= 15 is 0 Å². The highest BCUT2D eigenvalue weighted by Gasteiger charge is 2.31. The fourth-order valence-corrected chi connectivity index (χ4v) is 3.10. The molecule has 18 heavy (non-hydrogen) atoms. The molecule has 0 unspecified atom stereocenters. The Morgan fingerprint density at radius 3 is 2.44 bits per heavy atom. The topological polar surface area (TPSA) is 38.0 Å². The molecular weight excluding hydrogens is 261 g/mol. The highest BCUT2D eigenvalue weighted by molar-refractivity contribution is 8.00. The molecule has 2 nitrogen and oxygen atoms in total. The number of anilines is 1. The summed E-state index contributed by atoms with van der Waals surface area (Å²) in [4.78, 5) is 0.745. The summed E-state index contributed by atoms with van der Waals surface area (Å²) in [5, 5.41) is 3.69. The number of hydrogen-bond donors (Lipinski definition) is 2. The molecule has 1 aliphatic heterocycles. The molecule has 6 heteroatoms. The van der Waals surface area contributed by atoms with Crippen molar-refractivity contribution in [2.45, 2.75) is 29.2 Å². The molecule has 1 aliphatic rings. The van der Waals surface area contributed by atoms with Crippen LogP contribution < -0.4 is 11.1 Å². The van der Waals surface area contributed by atoms with Crippen molar-refractivity contribution in [1.82, 2.24) is 5.32 Å². The van der Waals surface area contributed by atoms with Crippen LogP contribution in [0.5, 0.6) is 0 Å². The lowest BCUT2D eigenvalue weighted by Gasteiger charge is -2.22. The highest BCUT2D eigenvalue weighted by Crippen LogP contribution is 2.37. The van der Waals surface area contributed by atoms with E-state index in [2.05, 4.69) is 5.32 Å². The van der Waals surface area contributed by atoms with Crippen LogP contribution in [0.2, 0.25) is 0 Å². The summed E-state index contributed by atoms with van der Waals surface area (Å²) >= 11 is 1.58. The minimum Gasteiger partial charge on any atom is -0.398 e. The molecule has 1 saturated heterocycles. The van der Waals surface area contributed by atoms with Gasteiger partial charge in [-0.25, -0.2) is 0 Å². The summed E-state index contributed by atoms with van der Waals surface area (Å²) in [6.07, 6.45) is -2.29. The smallest absolute Gasteiger partial charge is 0.398 e. The molecule has 0 atom stereocenters. The van der Waals surface area contributed by atoms with Crippen LogP contribution in [-0.2, 0) is 6.18 Å². The second-order valence-electron chi connectivity index (χ2n) is 4.32. The molecule has 0 amide bonds. The van der Waals surface area contributed by atoms with Gasteiger partial charge in [-0.05, 0) is 44.1 Å². The van der Waals surface area contributed by atoms with Crippen molar-refractivity contribution in [2.24, 2.45) is 0 Å². The molecule has 1 heterocycles. The van der Waals surface area contributed by atoms with Gasteiger partial charge in [0, 0.05) is 15.8 Å². The van der Waals surface area contributed by atoms with Crippen molar-refractivity contribution in [3.05, 3.63) is 23.8 Å². The average molecular weight is 276 g/mol. The van der Waals surface area contributed by atoms with Gasteiger partial charge in [0.15, 0.2) is 0 Å². The van der Waals surface area contributed by atoms with Gasteiger partial charge in [0.25, 0.3) is 0 Å². The number of piperidine rings is 1. The van der Waals surface area contributed by atoms with Crippen LogP contribution in [0.1, 0.15) is 18.4 Å². The van der Waals surface area contributed by atoms with E-state index in [-0.39, 0.29) is 5.69 Å². The average Bonchev–Trinajstić information content (AvgIpc) is 2.32. The maximum Gasteiger partial charge on any atom is 0.416 e. The number of halogens is 3. The maximum atomic E-state index is 12.5. The quantitative estimate of drug-likeness (QED) is 0.815. The van der Waals surface area contributed by atoms with E-state index in [1.54, 1.807) is 11.8 Å².